The van der Waals surface area contributed by atoms with Crippen molar-refractivity contribution in [1.29, 1.82) is 0 Å². The number of piperidine rings is 1. The lowest BCUT2D eigenvalue weighted by Gasteiger charge is -2.42. The Balaban J connectivity index is 0.00000169. The van der Waals surface area contributed by atoms with E-state index in [2.05, 4.69) is 10.2 Å². The Bertz CT molecular complexity index is 630. The van der Waals surface area contributed by atoms with Crippen molar-refractivity contribution in [2.75, 3.05) is 37.6 Å². The van der Waals surface area contributed by atoms with Crippen LogP contribution in [-0.2, 0) is 4.79 Å². The molecule has 0 bridgehead atoms. The van der Waals surface area contributed by atoms with Crippen molar-refractivity contribution in [3.05, 3.63) is 34.4 Å². The summed E-state index contributed by atoms with van der Waals surface area (Å²) in [6.07, 6.45) is 3.10. The molecule has 0 saturated carbocycles. The molecule has 0 aliphatic carbocycles. The Morgan fingerprint density at radius 3 is 2.46 bits per heavy atom. The summed E-state index contributed by atoms with van der Waals surface area (Å²) in [4.78, 5) is 27.4. The first-order valence-corrected chi connectivity index (χ1v) is 8.53. The van der Waals surface area contributed by atoms with E-state index in [4.69, 9.17) is 0 Å². The number of nitro groups is 1. The molecule has 146 valence electrons. The molecule has 0 radical (unpaired) electrons. The number of hydrogen-bond donors (Lipinski definition) is 1. The average molecular weight is 405 g/mol. The molecule has 0 aromatic heterocycles. The van der Waals surface area contributed by atoms with Crippen LogP contribution >= 0.6 is 24.8 Å². The number of anilines is 1. The number of amides is 1. The SMILES string of the molecule is CC1(C(=O)N2CCN(c3cccc([N+](=O)[O-])c3)CC2)CCCCN1.Cl.Cl. The minimum Gasteiger partial charge on any atom is -0.368 e. The number of halogens is 2. The molecule has 1 unspecified atom stereocenters. The molecule has 2 aliphatic rings. The number of nitrogens with one attached hydrogen (secondary N) is 1. The van der Waals surface area contributed by atoms with Crippen LogP contribution < -0.4 is 10.2 Å². The Kier molecular flexibility index (Phi) is 8.12. The molecule has 9 heteroatoms. The number of non-ortho nitro benzene ring substituents is 1. The molecule has 2 heterocycles. The second-order valence-corrected chi connectivity index (χ2v) is 6.77. The largest absolute Gasteiger partial charge is 0.368 e. The zero-order chi connectivity index (χ0) is 17.2. The van der Waals surface area contributed by atoms with E-state index >= 15 is 0 Å². The lowest BCUT2D eigenvalue weighted by atomic mass is 9.89. The second kappa shape index (κ2) is 9.39. The maximum atomic E-state index is 12.8. The molecular weight excluding hydrogens is 379 g/mol. The van der Waals surface area contributed by atoms with Crippen molar-refractivity contribution in [3.8, 4) is 0 Å². The van der Waals surface area contributed by atoms with Gasteiger partial charge in [-0.05, 0) is 38.8 Å². The van der Waals surface area contributed by atoms with Crippen LogP contribution in [0, 0.1) is 10.1 Å². The predicted molar refractivity (Wildman–Crippen MR) is 107 cm³/mol. The summed E-state index contributed by atoms with van der Waals surface area (Å²) >= 11 is 0. The van der Waals surface area contributed by atoms with Gasteiger partial charge in [-0.1, -0.05) is 6.07 Å². The fourth-order valence-electron chi connectivity index (χ4n) is 3.56. The van der Waals surface area contributed by atoms with Gasteiger partial charge in [-0.3, -0.25) is 14.9 Å². The minimum absolute atomic E-state index is 0. The lowest BCUT2D eigenvalue weighted by Crippen LogP contribution is -2.61. The van der Waals surface area contributed by atoms with Crippen LogP contribution in [-0.4, -0.2) is 54.0 Å². The van der Waals surface area contributed by atoms with Crippen molar-refractivity contribution < 1.29 is 9.72 Å². The Morgan fingerprint density at radius 1 is 1.19 bits per heavy atom. The molecule has 2 saturated heterocycles. The van der Waals surface area contributed by atoms with E-state index in [1.54, 1.807) is 12.1 Å². The first kappa shape index (κ1) is 22.5. The number of benzene rings is 1. The fourth-order valence-corrected chi connectivity index (χ4v) is 3.56. The summed E-state index contributed by atoms with van der Waals surface area (Å²) < 4.78 is 0. The number of rotatable bonds is 3. The lowest BCUT2D eigenvalue weighted by molar-refractivity contribution is -0.384. The number of carbonyl (C=O) groups is 1. The fraction of sp³-hybridized carbons (Fsp3) is 0.588. The van der Waals surface area contributed by atoms with E-state index in [1.165, 1.54) is 6.07 Å². The Labute approximate surface area is 166 Å². The molecule has 3 rings (SSSR count). The smallest absolute Gasteiger partial charge is 0.271 e. The highest BCUT2D eigenvalue weighted by atomic mass is 35.5. The van der Waals surface area contributed by atoms with Crippen molar-refractivity contribution in [2.24, 2.45) is 0 Å². The Hall–Kier alpha value is -1.57. The van der Waals surface area contributed by atoms with E-state index in [0.29, 0.717) is 26.2 Å². The van der Waals surface area contributed by atoms with Gasteiger partial charge >= 0.3 is 0 Å². The zero-order valence-electron chi connectivity index (χ0n) is 14.8. The second-order valence-electron chi connectivity index (χ2n) is 6.77. The molecule has 7 nitrogen and oxygen atoms in total. The van der Waals surface area contributed by atoms with Crippen LogP contribution in [0.2, 0.25) is 0 Å². The molecule has 0 spiro atoms. The summed E-state index contributed by atoms with van der Waals surface area (Å²) in [6.45, 7) is 5.60. The number of carbonyl (C=O) groups excluding carboxylic acids is 1. The molecule has 1 amide bonds. The van der Waals surface area contributed by atoms with Crippen LogP contribution in [0.25, 0.3) is 0 Å². The van der Waals surface area contributed by atoms with Crippen molar-refractivity contribution in [1.82, 2.24) is 10.2 Å². The molecule has 1 aromatic rings. The maximum absolute atomic E-state index is 12.8. The highest BCUT2D eigenvalue weighted by molar-refractivity contribution is 5.86. The summed E-state index contributed by atoms with van der Waals surface area (Å²) in [5, 5.41) is 14.3. The predicted octanol–water partition coefficient (Wildman–Crippen LogP) is 2.62. The third-order valence-corrected chi connectivity index (χ3v) is 5.06. The quantitative estimate of drug-likeness (QED) is 0.618. The van der Waals surface area contributed by atoms with Gasteiger partial charge in [-0.15, -0.1) is 24.8 Å². The first-order valence-electron chi connectivity index (χ1n) is 8.53. The van der Waals surface area contributed by atoms with Gasteiger partial charge in [-0.2, -0.15) is 0 Å². The molecule has 26 heavy (non-hydrogen) atoms. The summed E-state index contributed by atoms with van der Waals surface area (Å²) in [6, 6.07) is 6.69. The summed E-state index contributed by atoms with van der Waals surface area (Å²) in [5.41, 5.74) is 0.509. The molecule has 2 fully saturated rings. The number of nitrogens with zero attached hydrogens (tertiary/aromatic N) is 3. The van der Waals surface area contributed by atoms with Crippen LogP contribution in [0.1, 0.15) is 26.2 Å². The van der Waals surface area contributed by atoms with Gasteiger partial charge < -0.3 is 15.1 Å². The van der Waals surface area contributed by atoms with E-state index < -0.39 is 5.54 Å². The van der Waals surface area contributed by atoms with Gasteiger partial charge in [0, 0.05) is 44.0 Å². The highest BCUT2D eigenvalue weighted by Gasteiger charge is 2.38. The minimum atomic E-state index is -0.439. The summed E-state index contributed by atoms with van der Waals surface area (Å²) in [5.74, 6) is 0.181. The van der Waals surface area contributed by atoms with Crippen LogP contribution in [0.4, 0.5) is 11.4 Å². The third kappa shape index (κ3) is 4.78. The van der Waals surface area contributed by atoms with Gasteiger partial charge in [0.2, 0.25) is 5.91 Å². The molecule has 2 aliphatic heterocycles. The topological polar surface area (TPSA) is 78.7 Å². The van der Waals surface area contributed by atoms with Crippen LogP contribution in [0.3, 0.4) is 0 Å². The molecular formula is C17H26Cl2N4O3. The molecule has 1 N–H and O–H groups in total. The van der Waals surface area contributed by atoms with Crippen LogP contribution in [0.5, 0.6) is 0 Å². The van der Waals surface area contributed by atoms with E-state index in [-0.39, 0.29) is 41.3 Å². The monoisotopic (exact) mass is 404 g/mol. The number of piperazine rings is 1. The average Bonchev–Trinajstić information content (AvgIpc) is 2.62. The van der Waals surface area contributed by atoms with Gasteiger partial charge in [0.1, 0.15) is 0 Å². The van der Waals surface area contributed by atoms with Crippen molar-refractivity contribution in [2.45, 2.75) is 31.7 Å². The van der Waals surface area contributed by atoms with Crippen molar-refractivity contribution >= 4 is 42.1 Å². The Morgan fingerprint density at radius 2 is 1.88 bits per heavy atom. The van der Waals surface area contributed by atoms with Crippen molar-refractivity contribution in [3.63, 3.8) is 0 Å². The summed E-state index contributed by atoms with van der Waals surface area (Å²) in [7, 11) is 0. The normalized spacial score (nSPS) is 22.8. The van der Waals surface area contributed by atoms with Crippen LogP contribution in [0.15, 0.2) is 24.3 Å². The van der Waals surface area contributed by atoms with Gasteiger partial charge in [0.05, 0.1) is 10.5 Å². The first-order chi connectivity index (χ1) is 11.5. The van der Waals surface area contributed by atoms with E-state index in [1.807, 2.05) is 17.9 Å². The van der Waals surface area contributed by atoms with Gasteiger partial charge in [0.25, 0.3) is 5.69 Å². The standard InChI is InChI=1S/C17H24N4O3.2ClH/c1-17(7-2-3-8-18-17)16(22)20-11-9-19(10-12-20)14-5-4-6-15(13-14)21(23)24;;/h4-6,13,18H,2-3,7-12H2,1H3;2*1H. The maximum Gasteiger partial charge on any atom is 0.271 e. The number of hydrogen-bond acceptors (Lipinski definition) is 5. The van der Waals surface area contributed by atoms with Gasteiger partial charge in [0.15, 0.2) is 0 Å². The third-order valence-electron chi connectivity index (χ3n) is 5.06. The molecule has 1 atom stereocenters. The van der Waals surface area contributed by atoms with E-state index in [9.17, 15) is 14.9 Å². The highest BCUT2D eigenvalue weighted by Crippen LogP contribution is 2.25. The zero-order valence-corrected chi connectivity index (χ0v) is 16.5. The van der Waals surface area contributed by atoms with E-state index in [0.717, 1.165) is 31.5 Å². The van der Waals surface area contributed by atoms with Gasteiger partial charge in [-0.25, -0.2) is 0 Å². The molecule has 1 aromatic carbocycles. The number of nitro benzene ring substituents is 1.